The maximum Gasteiger partial charge on any atom is 0.422 e. The fraction of sp³-hybridized carbons (Fsp3) is 0.571. The lowest BCUT2D eigenvalue weighted by molar-refractivity contribution is -0.154. The topological polar surface area (TPSA) is 67.8 Å². The summed E-state index contributed by atoms with van der Waals surface area (Å²) in [4.78, 5) is 7.86. The van der Waals surface area contributed by atoms with E-state index in [1.54, 1.807) is 26.3 Å². The molecule has 0 radical (unpaired) electrons. The molecule has 0 amide bonds. The van der Waals surface area contributed by atoms with Gasteiger partial charge in [0, 0.05) is 45.6 Å². The molecule has 2 N–H and O–H groups in total. The normalized spacial score (nSPS) is 11.6. The Kier molecular flexibility index (Phi) is 11.5. The fourth-order valence-corrected chi connectivity index (χ4v) is 1.66. The summed E-state index contributed by atoms with van der Waals surface area (Å²) in [5, 5.41) is 6.06. The van der Waals surface area contributed by atoms with E-state index in [0.29, 0.717) is 24.7 Å². The predicted molar refractivity (Wildman–Crippen MR) is 95.9 cm³/mol. The number of aliphatic imine (C=N–C) groups is 1. The van der Waals surface area contributed by atoms with Crippen molar-refractivity contribution in [3.8, 4) is 5.88 Å². The van der Waals surface area contributed by atoms with Crippen LogP contribution < -0.4 is 15.4 Å². The largest absolute Gasteiger partial charge is 0.468 e. The molecule has 1 aromatic rings. The molecule has 1 rings (SSSR count). The summed E-state index contributed by atoms with van der Waals surface area (Å²) in [5.41, 5.74) is 0.511. The second-order valence-electron chi connectivity index (χ2n) is 4.57. The van der Waals surface area contributed by atoms with Crippen LogP contribution in [0.3, 0.4) is 0 Å². The zero-order valence-corrected chi connectivity index (χ0v) is 15.9. The minimum atomic E-state index is -4.40. The van der Waals surface area contributed by atoms with Crippen LogP contribution in [0.15, 0.2) is 23.3 Å². The highest BCUT2D eigenvalue weighted by atomic mass is 127. The Labute approximate surface area is 156 Å². The second kappa shape index (κ2) is 12.1. The van der Waals surface area contributed by atoms with Crippen molar-refractivity contribution in [3.63, 3.8) is 0 Å². The Morgan fingerprint density at radius 3 is 2.71 bits per heavy atom. The maximum atomic E-state index is 12.2. The molecule has 0 fully saturated rings. The van der Waals surface area contributed by atoms with Crippen LogP contribution in [0.25, 0.3) is 0 Å². The van der Waals surface area contributed by atoms with E-state index in [1.165, 1.54) is 6.20 Å². The molecule has 0 saturated carbocycles. The van der Waals surface area contributed by atoms with Crippen LogP contribution >= 0.6 is 24.0 Å². The Morgan fingerprint density at radius 2 is 2.08 bits per heavy atom. The van der Waals surface area contributed by atoms with Crippen molar-refractivity contribution in [2.75, 3.05) is 33.9 Å². The van der Waals surface area contributed by atoms with Gasteiger partial charge in [0.2, 0.25) is 5.88 Å². The molecule has 0 bridgehead atoms. The standard InChI is InChI=1S/C14H21F3N4O2.HI/c1-18-13(20-7-4-8-22-2)21-9-11-5-3-6-19-12(11)23-10-14(15,16)17;/h3,5-6H,4,7-10H2,1-2H3,(H2,18,20,21);1H. The van der Waals surface area contributed by atoms with Crippen molar-refractivity contribution in [1.82, 2.24) is 15.6 Å². The van der Waals surface area contributed by atoms with Crippen molar-refractivity contribution in [2.24, 2.45) is 4.99 Å². The molecule has 1 aromatic heterocycles. The average Bonchev–Trinajstić information content (AvgIpc) is 2.52. The average molecular weight is 462 g/mol. The van der Waals surface area contributed by atoms with Crippen LogP contribution in [0.1, 0.15) is 12.0 Å². The van der Waals surface area contributed by atoms with E-state index in [0.717, 1.165) is 6.42 Å². The minimum Gasteiger partial charge on any atom is -0.468 e. The smallest absolute Gasteiger partial charge is 0.422 e. The summed E-state index contributed by atoms with van der Waals surface area (Å²) >= 11 is 0. The number of aromatic nitrogens is 1. The number of guanidine groups is 1. The summed E-state index contributed by atoms with van der Waals surface area (Å²) in [6, 6.07) is 3.27. The number of ether oxygens (including phenoxy) is 2. The van der Waals surface area contributed by atoms with Crippen molar-refractivity contribution in [2.45, 2.75) is 19.1 Å². The first-order valence-electron chi connectivity index (χ1n) is 7.03. The number of alkyl halides is 3. The summed E-state index contributed by atoms with van der Waals surface area (Å²) < 4.78 is 46.4. The van der Waals surface area contributed by atoms with Crippen LogP contribution in [0, 0.1) is 0 Å². The van der Waals surface area contributed by atoms with Crippen molar-refractivity contribution >= 4 is 29.9 Å². The van der Waals surface area contributed by atoms with Gasteiger partial charge in [-0.1, -0.05) is 6.07 Å². The molecule has 0 spiro atoms. The first kappa shape index (κ1) is 22.7. The molecule has 0 atom stereocenters. The van der Waals surface area contributed by atoms with Gasteiger partial charge >= 0.3 is 6.18 Å². The first-order valence-corrected chi connectivity index (χ1v) is 7.03. The zero-order chi connectivity index (χ0) is 17.1. The molecule has 0 aliphatic carbocycles. The first-order chi connectivity index (χ1) is 11.0. The SMILES string of the molecule is CN=C(NCCCOC)NCc1cccnc1OCC(F)(F)F.I. The summed E-state index contributed by atoms with van der Waals surface area (Å²) in [5.74, 6) is 0.485. The molecule has 0 aromatic carbocycles. The molecule has 24 heavy (non-hydrogen) atoms. The molecule has 10 heteroatoms. The number of nitrogens with zero attached hydrogens (tertiary/aromatic N) is 2. The van der Waals surface area contributed by atoms with E-state index in [2.05, 4.69) is 20.6 Å². The van der Waals surface area contributed by atoms with E-state index >= 15 is 0 Å². The molecule has 6 nitrogen and oxygen atoms in total. The molecular weight excluding hydrogens is 440 g/mol. The Balaban J connectivity index is 0.00000529. The van der Waals surface area contributed by atoms with Crippen molar-refractivity contribution < 1.29 is 22.6 Å². The van der Waals surface area contributed by atoms with Gasteiger partial charge in [0.15, 0.2) is 12.6 Å². The fourth-order valence-electron chi connectivity index (χ4n) is 1.66. The number of rotatable bonds is 8. The number of nitrogens with one attached hydrogen (secondary N) is 2. The summed E-state index contributed by atoms with van der Waals surface area (Å²) in [7, 11) is 3.23. The lowest BCUT2D eigenvalue weighted by Gasteiger charge is -2.14. The molecule has 0 aliphatic rings. The molecule has 1 heterocycles. The molecule has 138 valence electrons. The van der Waals surface area contributed by atoms with Crippen LogP contribution in [0.5, 0.6) is 5.88 Å². The highest BCUT2D eigenvalue weighted by Crippen LogP contribution is 2.19. The number of methoxy groups -OCH3 is 1. The summed E-state index contributed by atoms with van der Waals surface area (Å²) in [6.45, 7) is 0.159. The van der Waals surface area contributed by atoms with Crippen LogP contribution in [0.4, 0.5) is 13.2 Å². The highest BCUT2D eigenvalue weighted by molar-refractivity contribution is 14.0. The van der Waals surface area contributed by atoms with Crippen LogP contribution in [0.2, 0.25) is 0 Å². The second-order valence-corrected chi connectivity index (χ2v) is 4.57. The lowest BCUT2D eigenvalue weighted by atomic mass is 10.2. The molecule has 0 aliphatic heterocycles. The van der Waals surface area contributed by atoms with Gasteiger partial charge in [-0.2, -0.15) is 13.2 Å². The third-order valence-corrected chi connectivity index (χ3v) is 2.71. The van der Waals surface area contributed by atoms with Gasteiger partial charge in [-0.15, -0.1) is 24.0 Å². The van der Waals surface area contributed by atoms with Crippen molar-refractivity contribution in [3.05, 3.63) is 23.9 Å². The van der Waals surface area contributed by atoms with Gasteiger partial charge in [0.25, 0.3) is 0 Å². The minimum absolute atomic E-state index is 0. The number of pyridine rings is 1. The number of hydrogen-bond donors (Lipinski definition) is 2. The molecule has 0 saturated heterocycles. The van der Waals surface area contributed by atoms with Crippen LogP contribution in [-0.4, -0.2) is 51.0 Å². The monoisotopic (exact) mass is 462 g/mol. The van der Waals surface area contributed by atoms with Gasteiger partial charge in [0.05, 0.1) is 0 Å². The highest BCUT2D eigenvalue weighted by Gasteiger charge is 2.29. The lowest BCUT2D eigenvalue weighted by Crippen LogP contribution is -2.37. The van der Waals surface area contributed by atoms with Gasteiger partial charge in [-0.25, -0.2) is 4.98 Å². The van der Waals surface area contributed by atoms with Gasteiger partial charge < -0.3 is 20.1 Å². The Bertz CT molecular complexity index is 501. The zero-order valence-electron chi connectivity index (χ0n) is 13.5. The van der Waals surface area contributed by atoms with E-state index in [9.17, 15) is 13.2 Å². The summed E-state index contributed by atoms with van der Waals surface area (Å²) in [6.07, 6.45) is -2.21. The third kappa shape index (κ3) is 9.75. The third-order valence-electron chi connectivity index (χ3n) is 2.71. The molecule has 0 unspecified atom stereocenters. The number of halogens is 4. The van der Waals surface area contributed by atoms with Crippen LogP contribution in [-0.2, 0) is 11.3 Å². The maximum absolute atomic E-state index is 12.2. The van der Waals surface area contributed by atoms with Gasteiger partial charge in [-0.05, 0) is 12.5 Å². The quantitative estimate of drug-likeness (QED) is 0.269. The van der Waals surface area contributed by atoms with Gasteiger partial charge in [0.1, 0.15) is 0 Å². The predicted octanol–water partition coefficient (Wildman–Crippen LogP) is 2.34. The number of hydrogen-bond acceptors (Lipinski definition) is 4. The van der Waals surface area contributed by atoms with Gasteiger partial charge in [-0.3, -0.25) is 4.99 Å². The van der Waals surface area contributed by atoms with E-state index in [1.807, 2.05) is 0 Å². The Hall–Kier alpha value is -1.30. The molecular formula is C14H22F3IN4O2. The van der Waals surface area contributed by atoms with E-state index in [4.69, 9.17) is 9.47 Å². The van der Waals surface area contributed by atoms with E-state index in [-0.39, 0.29) is 36.4 Å². The Morgan fingerprint density at radius 1 is 1.33 bits per heavy atom. The van der Waals surface area contributed by atoms with Crippen molar-refractivity contribution in [1.29, 1.82) is 0 Å². The van der Waals surface area contributed by atoms with E-state index < -0.39 is 12.8 Å².